The first-order valence-corrected chi connectivity index (χ1v) is 14.1. The molecule has 3 aliphatic rings. The van der Waals surface area contributed by atoms with Gasteiger partial charge in [0.25, 0.3) is 6.01 Å². The van der Waals surface area contributed by atoms with E-state index in [1.807, 2.05) is 18.2 Å². The molecule has 5 heterocycles. The van der Waals surface area contributed by atoms with Crippen molar-refractivity contribution in [3.8, 4) is 28.4 Å². The molecule has 0 bridgehead atoms. The molecule has 3 N–H and O–H groups in total. The number of aromatic nitrogens is 3. The van der Waals surface area contributed by atoms with Gasteiger partial charge in [-0.25, -0.2) is 9.98 Å². The van der Waals surface area contributed by atoms with Gasteiger partial charge >= 0.3 is 0 Å². The van der Waals surface area contributed by atoms with Crippen LogP contribution >= 0.6 is 11.6 Å². The number of rotatable bonds is 6. The largest absolute Gasteiger partial charge is 0.456 e. The summed E-state index contributed by atoms with van der Waals surface area (Å²) in [6.45, 7) is 6.99. The second kappa shape index (κ2) is 10.2. The van der Waals surface area contributed by atoms with E-state index in [0.717, 1.165) is 35.6 Å². The van der Waals surface area contributed by atoms with E-state index in [2.05, 4.69) is 60.2 Å². The Hall–Kier alpha value is -3.34. The van der Waals surface area contributed by atoms with Crippen LogP contribution in [0.15, 0.2) is 59.6 Å². The van der Waals surface area contributed by atoms with Crippen molar-refractivity contribution >= 4 is 28.6 Å². The van der Waals surface area contributed by atoms with Gasteiger partial charge in [0.05, 0.1) is 47.6 Å². The number of imidazole rings is 1. The number of quaternary nitrogens is 1. The van der Waals surface area contributed by atoms with Crippen molar-refractivity contribution in [3.63, 3.8) is 0 Å². The molecule has 9 nitrogen and oxygen atoms in total. The van der Waals surface area contributed by atoms with E-state index >= 15 is 0 Å². The first-order valence-electron chi connectivity index (χ1n) is 13.7. The maximum atomic E-state index is 9.97. The Bertz CT molecular complexity index is 1570. The monoisotopic (exact) mass is 560 g/mol. The Labute approximate surface area is 236 Å². The first-order chi connectivity index (χ1) is 19.4. The topological polar surface area (TPSA) is 106 Å². The zero-order valence-corrected chi connectivity index (χ0v) is 23.1. The predicted octanol–water partition coefficient (Wildman–Crippen LogP) is 2.90. The molecule has 2 aromatic heterocycles. The summed E-state index contributed by atoms with van der Waals surface area (Å²) in [4.78, 5) is 18.6. The normalized spacial score (nSPS) is 26.0. The summed E-state index contributed by atoms with van der Waals surface area (Å²) >= 11 is 6.64. The Kier molecular flexibility index (Phi) is 6.56. The molecule has 40 heavy (non-hydrogen) atoms. The highest BCUT2D eigenvalue weighted by molar-refractivity contribution is 6.33. The highest BCUT2D eigenvalue weighted by Crippen LogP contribution is 2.33. The number of aliphatic hydroxyl groups is 1. The Morgan fingerprint density at radius 1 is 0.950 bits per heavy atom. The summed E-state index contributed by atoms with van der Waals surface area (Å²) in [6, 6.07) is 19.5. The standard InChI is InChI=1S/C30H30ClN5O4/c1-16(2)36-12-11-32-29(36)20-9-5-18(6-10-20)17-3-7-19(8-4-17)25-21(31)13-22-28(34-25)35-30(33-22)40-24-15-39-26-23(37)14-38-27(24)26/h3-10,13,16,23-24,26-27,37H,11-12,14-15H2,1-2H3,(H,33,34,35)/p+1/t23-,24-,26-,27-/m1/s1. The van der Waals surface area contributed by atoms with Crippen LogP contribution in [0.5, 0.6) is 6.01 Å². The van der Waals surface area contributed by atoms with Crippen LogP contribution in [0.1, 0.15) is 19.4 Å². The minimum absolute atomic E-state index is 0.244. The molecule has 0 spiro atoms. The van der Waals surface area contributed by atoms with Crippen molar-refractivity contribution in [2.24, 2.45) is 4.99 Å². The van der Waals surface area contributed by atoms with E-state index in [4.69, 9.17) is 35.8 Å². The average Bonchev–Trinajstić information content (AvgIpc) is 3.75. The second-order valence-electron chi connectivity index (χ2n) is 10.9. The Morgan fingerprint density at radius 3 is 2.35 bits per heavy atom. The molecular weight excluding hydrogens is 530 g/mol. The van der Waals surface area contributed by atoms with E-state index in [0.29, 0.717) is 40.5 Å². The van der Waals surface area contributed by atoms with Crippen LogP contribution < -0.4 is 9.64 Å². The van der Waals surface area contributed by atoms with Gasteiger partial charge in [-0.1, -0.05) is 48.0 Å². The van der Waals surface area contributed by atoms with E-state index < -0.39 is 6.10 Å². The fourth-order valence-electron chi connectivity index (χ4n) is 5.83. The third-order valence-corrected chi connectivity index (χ3v) is 8.24. The van der Waals surface area contributed by atoms with Crippen molar-refractivity contribution in [2.75, 3.05) is 26.3 Å². The van der Waals surface area contributed by atoms with Crippen LogP contribution in [0, 0.1) is 0 Å². The fraction of sp³-hybridized carbons (Fsp3) is 0.367. The fourth-order valence-corrected chi connectivity index (χ4v) is 6.09. The number of nitrogens with zero attached hydrogens (tertiary/aromatic N) is 3. The number of aliphatic imine (C=N–C) groups is 1. The van der Waals surface area contributed by atoms with E-state index in [9.17, 15) is 5.11 Å². The van der Waals surface area contributed by atoms with Gasteiger partial charge in [-0.05, 0) is 43.2 Å². The first kappa shape index (κ1) is 25.6. The SMILES string of the molecule is CC(C)[NH+]1CCN=C1c1ccc(-c2ccc(-c3nc4nc(O[C@@H]5CO[C@H]6[C@@H]5OC[C@H]6O)[nH]c4cc3Cl)cc2)cc1. The number of ether oxygens (including phenoxy) is 3. The molecule has 2 aromatic carbocycles. The third kappa shape index (κ3) is 4.57. The lowest BCUT2D eigenvalue weighted by molar-refractivity contribution is -0.821. The highest BCUT2D eigenvalue weighted by Gasteiger charge is 2.48. The number of fused-ring (bicyclic) bond motifs is 2. The Morgan fingerprint density at radius 2 is 1.62 bits per heavy atom. The van der Waals surface area contributed by atoms with Crippen LogP contribution in [-0.2, 0) is 9.47 Å². The number of nitrogens with one attached hydrogen (secondary N) is 2. The molecule has 5 atom stereocenters. The van der Waals surface area contributed by atoms with Gasteiger partial charge in [-0.2, -0.15) is 4.98 Å². The number of hydrogen-bond donors (Lipinski definition) is 3. The third-order valence-electron chi connectivity index (χ3n) is 7.95. The van der Waals surface area contributed by atoms with Crippen LogP contribution in [0.2, 0.25) is 5.02 Å². The molecule has 2 saturated heterocycles. The molecule has 7 rings (SSSR count). The molecule has 0 saturated carbocycles. The quantitative estimate of drug-likeness (QED) is 0.335. The molecule has 0 radical (unpaired) electrons. The molecular formula is C30H31ClN5O4+. The average molecular weight is 561 g/mol. The van der Waals surface area contributed by atoms with E-state index in [1.54, 1.807) is 0 Å². The summed E-state index contributed by atoms with van der Waals surface area (Å²) in [5, 5.41) is 10.5. The van der Waals surface area contributed by atoms with Crippen LogP contribution in [0.3, 0.4) is 0 Å². The number of pyridine rings is 1. The maximum Gasteiger partial charge on any atom is 0.296 e. The minimum Gasteiger partial charge on any atom is -0.456 e. The van der Waals surface area contributed by atoms with Gasteiger partial charge in [-0.3, -0.25) is 4.90 Å². The molecule has 206 valence electrons. The lowest BCUT2D eigenvalue weighted by Gasteiger charge is -2.18. The van der Waals surface area contributed by atoms with Gasteiger partial charge < -0.3 is 24.3 Å². The molecule has 10 heteroatoms. The van der Waals surface area contributed by atoms with Crippen molar-refractivity contribution in [3.05, 3.63) is 65.2 Å². The number of aliphatic hydroxyl groups excluding tert-OH is 1. The molecule has 3 aliphatic heterocycles. The number of aromatic amines is 1. The number of amidine groups is 1. The zero-order valence-electron chi connectivity index (χ0n) is 22.3. The van der Waals surface area contributed by atoms with E-state index in [1.165, 1.54) is 10.5 Å². The number of benzene rings is 2. The van der Waals surface area contributed by atoms with Crippen molar-refractivity contribution < 1.29 is 24.2 Å². The molecule has 4 aromatic rings. The van der Waals surface area contributed by atoms with Crippen LogP contribution in [0.25, 0.3) is 33.5 Å². The minimum atomic E-state index is -0.633. The van der Waals surface area contributed by atoms with Gasteiger partial charge in [0.2, 0.25) is 5.84 Å². The van der Waals surface area contributed by atoms with Crippen molar-refractivity contribution in [2.45, 2.75) is 44.3 Å². The molecule has 0 aliphatic carbocycles. The number of halogens is 1. The predicted molar refractivity (Wildman–Crippen MR) is 152 cm³/mol. The Balaban J connectivity index is 1.09. The molecule has 0 amide bonds. The lowest BCUT2D eigenvalue weighted by atomic mass is 10.0. The number of H-pyrrole nitrogens is 1. The van der Waals surface area contributed by atoms with Gasteiger partial charge in [0.15, 0.2) is 11.8 Å². The second-order valence-corrected chi connectivity index (χ2v) is 11.3. The summed E-state index contributed by atoms with van der Waals surface area (Å²) in [7, 11) is 0. The zero-order chi connectivity index (χ0) is 27.4. The maximum absolute atomic E-state index is 9.97. The summed E-state index contributed by atoms with van der Waals surface area (Å²) < 4.78 is 17.3. The highest BCUT2D eigenvalue weighted by atomic mass is 35.5. The summed E-state index contributed by atoms with van der Waals surface area (Å²) in [5.41, 5.74) is 6.16. The van der Waals surface area contributed by atoms with Gasteiger partial charge in [0.1, 0.15) is 24.9 Å². The van der Waals surface area contributed by atoms with Crippen molar-refractivity contribution in [1.82, 2.24) is 15.0 Å². The van der Waals surface area contributed by atoms with Gasteiger partial charge in [0, 0.05) is 5.56 Å². The van der Waals surface area contributed by atoms with Crippen LogP contribution in [-0.4, -0.2) is 82.7 Å². The van der Waals surface area contributed by atoms with Gasteiger partial charge in [-0.15, -0.1) is 0 Å². The van der Waals surface area contributed by atoms with Crippen LogP contribution in [0.4, 0.5) is 0 Å². The van der Waals surface area contributed by atoms with E-state index in [-0.39, 0.29) is 24.9 Å². The lowest BCUT2D eigenvalue weighted by Crippen LogP contribution is -3.16. The van der Waals surface area contributed by atoms with Crippen molar-refractivity contribution in [1.29, 1.82) is 0 Å². The molecule has 2 fully saturated rings. The smallest absolute Gasteiger partial charge is 0.296 e. The summed E-state index contributed by atoms with van der Waals surface area (Å²) in [6.07, 6.45) is -1.68. The molecule has 1 unspecified atom stereocenters. The number of hydrogen-bond acceptors (Lipinski definition) is 7. The summed E-state index contributed by atoms with van der Waals surface area (Å²) in [5.74, 6) is 1.16.